The Morgan fingerprint density at radius 3 is 1.90 bits per heavy atom. The van der Waals surface area contributed by atoms with Crippen LogP contribution in [0.25, 0.3) is 11.1 Å². The molecule has 0 aliphatic heterocycles. The number of benzene rings is 2. The number of carbonyl (C=O) groups is 4. The summed E-state index contributed by atoms with van der Waals surface area (Å²) in [6, 6.07) is 14.1. The van der Waals surface area contributed by atoms with Gasteiger partial charge in [-0.2, -0.15) is 0 Å². The summed E-state index contributed by atoms with van der Waals surface area (Å²) >= 11 is 0. The molecule has 2 atom stereocenters. The topological polar surface area (TPSA) is 96.5 Å². The lowest BCUT2D eigenvalue weighted by Gasteiger charge is -2.35. The fourth-order valence-corrected chi connectivity index (χ4v) is 5.14. The molecule has 220 valence electrons. The van der Waals surface area contributed by atoms with Crippen molar-refractivity contribution in [2.75, 3.05) is 41.4 Å². The Hall–Kier alpha value is -4.14. The van der Waals surface area contributed by atoms with E-state index in [2.05, 4.69) is 18.7 Å². The van der Waals surface area contributed by atoms with E-state index < -0.39 is 36.0 Å². The molecular formula is C32H41N3O6. The van der Waals surface area contributed by atoms with Crippen LogP contribution in [0.15, 0.2) is 61.2 Å². The van der Waals surface area contributed by atoms with Crippen LogP contribution in [0.1, 0.15) is 43.7 Å². The number of rotatable bonds is 12. The molecule has 2 aromatic rings. The van der Waals surface area contributed by atoms with Crippen LogP contribution in [-0.4, -0.2) is 92.1 Å². The standard InChI is InChI=1S/C32H41N3O6/c1-8-17-40-29(36)19-28(30(37)33(4)5)34(6)31(38)27(18-21(2)3)35(7)32(39)41-20-26-24-15-11-9-13-22(24)23-14-10-12-16-25(23)26/h8-16,21,26-28H,1,17-20H2,2-7H3/t27-,28-/m0/s1. The Morgan fingerprint density at radius 2 is 1.39 bits per heavy atom. The molecule has 0 bridgehead atoms. The van der Waals surface area contributed by atoms with Gasteiger partial charge in [0.2, 0.25) is 11.8 Å². The zero-order chi connectivity index (χ0) is 30.3. The molecule has 0 fully saturated rings. The van der Waals surface area contributed by atoms with E-state index >= 15 is 0 Å². The van der Waals surface area contributed by atoms with Gasteiger partial charge in [-0.05, 0) is 34.6 Å². The Labute approximate surface area is 242 Å². The number of nitrogens with zero attached hydrogens (tertiary/aromatic N) is 3. The molecule has 9 nitrogen and oxygen atoms in total. The molecule has 9 heteroatoms. The second kappa shape index (κ2) is 14.0. The molecule has 0 spiro atoms. The van der Waals surface area contributed by atoms with E-state index in [9.17, 15) is 19.2 Å². The molecule has 2 aromatic carbocycles. The molecule has 3 rings (SSSR count). The number of fused-ring (bicyclic) bond motifs is 3. The number of likely N-dealkylation sites (N-methyl/N-ethyl adjacent to an activating group) is 3. The van der Waals surface area contributed by atoms with Gasteiger partial charge in [-0.15, -0.1) is 0 Å². The van der Waals surface area contributed by atoms with E-state index in [0.29, 0.717) is 6.42 Å². The summed E-state index contributed by atoms with van der Waals surface area (Å²) in [6.07, 6.45) is 0.807. The molecule has 0 saturated carbocycles. The molecular weight excluding hydrogens is 522 g/mol. The van der Waals surface area contributed by atoms with Crippen molar-refractivity contribution in [2.45, 2.75) is 44.7 Å². The van der Waals surface area contributed by atoms with Gasteiger partial charge in [0, 0.05) is 34.1 Å². The van der Waals surface area contributed by atoms with Crippen molar-refractivity contribution in [1.82, 2.24) is 14.7 Å². The van der Waals surface area contributed by atoms with Crippen molar-refractivity contribution in [1.29, 1.82) is 0 Å². The quantitative estimate of drug-likeness (QED) is 0.282. The lowest BCUT2D eigenvalue weighted by molar-refractivity contribution is -0.152. The van der Waals surface area contributed by atoms with Gasteiger partial charge in [-0.1, -0.05) is 75.0 Å². The number of ether oxygens (including phenoxy) is 2. The van der Waals surface area contributed by atoms with Crippen molar-refractivity contribution in [3.8, 4) is 11.1 Å². The Morgan fingerprint density at radius 1 is 0.829 bits per heavy atom. The minimum atomic E-state index is -1.10. The van der Waals surface area contributed by atoms with Gasteiger partial charge in [0.25, 0.3) is 0 Å². The fraction of sp³-hybridized carbons (Fsp3) is 0.438. The summed E-state index contributed by atoms with van der Waals surface area (Å²) in [4.78, 5) is 56.4. The van der Waals surface area contributed by atoms with Crippen LogP contribution in [0.2, 0.25) is 0 Å². The first-order chi connectivity index (χ1) is 19.5. The lowest BCUT2D eigenvalue weighted by Crippen LogP contribution is -2.55. The third-order valence-corrected chi connectivity index (χ3v) is 7.33. The number of hydrogen-bond donors (Lipinski definition) is 0. The Kier molecular flexibility index (Phi) is 10.7. The van der Waals surface area contributed by atoms with E-state index in [4.69, 9.17) is 9.47 Å². The Bertz CT molecular complexity index is 1230. The largest absolute Gasteiger partial charge is 0.461 e. The zero-order valence-electron chi connectivity index (χ0n) is 24.8. The van der Waals surface area contributed by atoms with Crippen LogP contribution in [0.4, 0.5) is 4.79 Å². The van der Waals surface area contributed by atoms with Crippen LogP contribution >= 0.6 is 0 Å². The highest BCUT2D eigenvalue weighted by Gasteiger charge is 2.38. The van der Waals surface area contributed by atoms with Gasteiger partial charge >= 0.3 is 12.1 Å². The molecule has 0 saturated heterocycles. The van der Waals surface area contributed by atoms with Gasteiger partial charge in [0.15, 0.2) is 0 Å². The summed E-state index contributed by atoms with van der Waals surface area (Å²) in [6.45, 7) is 7.53. The van der Waals surface area contributed by atoms with Gasteiger partial charge in [0.1, 0.15) is 25.3 Å². The molecule has 3 amide bonds. The third kappa shape index (κ3) is 7.34. The predicted molar refractivity (Wildman–Crippen MR) is 157 cm³/mol. The highest BCUT2D eigenvalue weighted by atomic mass is 16.6. The monoisotopic (exact) mass is 563 g/mol. The van der Waals surface area contributed by atoms with E-state index in [1.165, 1.54) is 34.9 Å². The van der Waals surface area contributed by atoms with Crippen molar-refractivity contribution >= 4 is 23.9 Å². The van der Waals surface area contributed by atoms with Crippen molar-refractivity contribution in [3.63, 3.8) is 0 Å². The average molecular weight is 564 g/mol. The normalized spacial score (nSPS) is 13.4. The molecule has 0 N–H and O–H groups in total. The highest BCUT2D eigenvalue weighted by molar-refractivity contribution is 5.93. The number of carbonyl (C=O) groups excluding carboxylic acids is 4. The third-order valence-electron chi connectivity index (χ3n) is 7.33. The molecule has 0 radical (unpaired) electrons. The summed E-state index contributed by atoms with van der Waals surface area (Å²) in [7, 11) is 6.10. The molecule has 41 heavy (non-hydrogen) atoms. The zero-order valence-corrected chi connectivity index (χ0v) is 24.8. The molecule has 0 unspecified atom stereocenters. The first kappa shape index (κ1) is 31.4. The second-order valence-electron chi connectivity index (χ2n) is 10.9. The van der Waals surface area contributed by atoms with Crippen LogP contribution in [0, 0.1) is 5.92 Å². The SMILES string of the molecule is C=CCOC(=O)C[C@@H](C(=O)N(C)C)N(C)C(=O)[C@H](CC(C)C)N(C)C(=O)OCC1c2ccccc2-c2ccccc21. The van der Waals surface area contributed by atoms with Crippen LogP contribution in [0.5, 0.6) is 0 Å². The van der Waals surface area contributed by atoms with Crippen LogP contribution in [0.3, 0.4) is 0 Å². The highest BCUT2D eigenvalue weighted by Crippen LogP contribution is 2.44. The van der Waals surface area contributed by atoms with E-state index in [0.717, 1.165) is 22.3 Å². The molecule has 0 aromatic heterocycles. The average Bonchev–Trinajstić information content (AvgIpc) is 3.28. The summed E-state index contributed by atoms with van der Waals surface area (Å²) in [5.74, 6) is -1.59. The maximum Gasteiger partial charge on any atom is 0.410 e. The smallest absolute Gasteiger partial charge is 0.410 e. The van der Waals surface area contributed by atoms with Gasteiger partial charge in [-0.25, -0.2) is 4.79 Å². The first-order valence-corrected chi connectivity index (χ1v) is 13.8. The molecule has 1 aliphatic carbocycles. The predicted octanol–water partition coefficient (Wildman–Crippen LogP) is 4.32. The molecule has 1 aliphatic rings. The van der Waals surface area contributed by atoms with Gasteiger partial charge < -0.3 is 19.3 Å². The maximum absolute atomic E-state index is 13.8. The molecule has 0 heterocycles. The summed E-state index contributed by atoms with van der Waals surface area (Å²) in [5, 5.41) is 0. The van der Waals surface area contributed by atoms with E-state index in [1.807, 2.05) is 50.2 Å². The first-order valence-electron chi connectivity index (χ1n) is 13.8. The number of esters is 1. The van der Waals surface area contributed by atoms with Crippen LogP contribution in [-0.2, 0) is 23.9 Å². The van der Waals surface area contributed by atoms with E-state index in [1.54, 1.807) is 14.1 Å². The number of hydrogen-bond acceptors (Lipinski definition) is 6. The van der Waals surface area contributed by atoms with Crippen molar-refractivity contribution < 1.29 is 28.7 Å². The summed E-state index contributed by atoms with van der Waals surface area (Å²) < 4.78 is 10.9. The van der Waals surface area contributed by atoms with Gasteiger partial charge in [0.05, 0.1) is 6.42 Å². The van der Waals surface area contributed by atoms with Crippen molar-refractivity contribution in [2.24, 2.45) is 5.92 Å². The second-order valence-corrected chi connectivity index (χ2v) is 10.9. The number of amides is 3. The Balaban J connectivity index is 1.78. The van der Waals surface area contributed by atoms with Gasteiger partial charge in [-0.3, -0.25) is 19.3 Å². The van der Waals surface area contributed by atoms with Crippen LogP contribution < -0.4 is 0 Å². The van der Waals surface area contributed by atoms with E-state index in [-0.39, 0.29) is 31.5 Å². The lowest BCUT2D eigenvalue weighted by atomic mass is 9.98. The maximum atomic E-state index is 13.8. The summed E-state index contributed by atoms with van der Waals surface area (Å²) in [5.41, 5.74) is 4.42. The minimum Gasteiger partial charge on any atom is -0.461 e. The fourth-order valence-electron chi connectivity index (χ4n) is 5.14. The minimum absolute atomic E-state index is 0.000134. The van der Waals surface area contributed by atoms with Crippen molar-refractivity contribution in [3.05, 3.63) is 72.3 Å².